The molecule has 1 amide bonds. The molecule has 2 aliphatic heterocycles. The van der Waals surface area contributed by atoms with Gasteiger partial charge in [-0.3, -0.25) is 9.59 Å². The summed E-state index contributed by atoms with van der Waals surface area (Å²) in [6.07, 6.45) is 11.2. The minimum absolute atomic E-state index is 0.0449. The van der Waals surface area contributed by atoms with Crippen molar-refractivity contribution in [2.24, 2.45) is 11.8 Å². The largest absolute Gasteiger partial charge is 0.490 e. The fourth-order valence-corrected chi connectivity index (χ4v) is 7.30. The molecule has 2 heterocycles. The summed E-state index contributed by atoms with van der Waals surface area (Å²) in [5, 5.41) is 0. The normalized spacial score (nSPS) is 29.2. The Bertz CT molecular complexity index is 1450. The Balaban J connectivity index is 1.42. The number of benzene rings is 2. The number of hydrogen-bond donors (Lipinski definition) is 1. The average molecular weight is 533 g/mol. The zero-order chi connectivity index (χ0) is 26.3. The third kappa shape index (κ3) is 4.66. The molecule has 0 aromatic heterocycles. The van der Waals surface area contributed by atoms with Gasteiger partial charge in [-0.2, -0.15) is 0 Å². The number of allylic oxidation sites excluding steroid dienone is 3. The van der Waals surface area contributed by atoms with Gasteiger partial charge in [0.1, 0.15) is 5.75 Å². The Hall–Kier alpha value is -3.39. The van der Waals surface area contributed by atoms with Crippen molar-refractivity contribution in [2.75, 3.05) is 30.3 Å². The lowest BCUT2D eigenvalue weighted by molar-refractivity contribution is -0.122. The number of rotatable bonds is 0. The van der Waals surface area contributed by atoms with Crippen molar-refractivity contribution in [3.63, 3.8) is 0 Å². The lowest BCUT2D eigenvalue weighted by Gasteiger charge is -2.43. The molecule has 0 radical (unpaired) electrons. The molecule has 1 spiro atoms. The molecular formula is C30H32N2O5S. The molecule has 2 bridgehead atoms. The first-order chi connectivity index (χ1) is 18.3. The van der Waals surface area contributed by atoms with E-state index in [1.54, 1.807) is 30.4 Å². The Kier molecular flexibility index (Phi) is 6.38. The standard InChI is InChI=1S/C30H32N2O5S/c33-27-10-2-1-5-16-38(35,36)31-29(34)22-12-14-28-26(17-22)32(18-23-11-13-24(23)27)19-30(20-37-28)15-6-8-21-7-3-4-9-25(21)30/h2-4,6-10,12,14,17,23-24H,1,5,11,13,15-16,18-20H2,(H,31,34)/b10-2-. The zero-order valence-electron chi connectivity index (χ0n) is 21.3. The summed E-state index contributed by atoms with van der Waals surface area (Å²) in [6, 6.07) is 13.5. The highest BCUT2D eigenvalue weighted by atomic mass is 32.2. The Morgan fingerprint density at radius 1 is 1.03 bits per heavy atom. The monoisotopic (exact) mass is 532 g/mol. The van der Waals surface area contributed by atoms with Gasteiger partial charge < -0.3 is 9.64 Å². The van der Waals surface area contributed by atoms with Crippen LogP contribution in [0, 0.1) is 11.8 Å². The molecular weight excluding hydrogens is 500 g/mol. The lowest BCUT2D eigenvalue weighted by Crippen LogP contribution is -2.48. The number of ketones is 1. The number of carbonyl (C=O) groups is 2. The summed E-state index contributed by atoms with van der Waals surface area (Å²) in [4.78, 5) is 28.3. The quantitative estimate of drug-likeness (QED) is 0.546. The van der Waals surface area contributed by atoms with E-state index in [0.717, 1.165) is 24.9 Å². The fraction of sp³-hybridized carbons (Fsp3) is 0.400. The second-order valence-electron chi connectivity index (χ2n) is 11.0. The topological polar surface area (TPSA) is 92.8 Å². The summed E-state index contributed by atoms with van der Waals surface area (Å²) >= 11 is 0. The van der Waals surface area contributed by atoms with Crippen LogP contribution in [0.3, 0.4) is 0 Å². The Morgan fingerprint density at radius 2 is 1.89 bits per heavy atom. The van der Waals surface area contributed by atoms with E-state index in [9.17, 15) is 18.0 Å². The predicted octanol–water partition coefficient (Wildman–Crippen LogP) is 4.25. The Labute approximate surface area is 223 Å². The predicted molar refractivity (Wildman–Crippen MR) is 147 cm³/mol. The second kappa shape index (κ2) is 9.73. The smallest absolute Gasteiger partial charge is 0.264 e. The highest BCUT2D eigenvalue weighted by Gasteiger charge is 2.43. The number of sulfonamides is 1. The molecule has 6 rings (SSSR count). The van der Waals surface area contributed by atoms with Gasteiger partial charge in [0.05, 0.1) is 23.5 Å². The van der Waals surface area contributed by atoms with Gasteiger partial charge in [0.15, 0.2) is 5.78 Å². The van der Waals surface area contributed by atoms with Crippen LogP contribution in [0.25, 0.3) is 6.08 Å². The van der Waals surface area contributed by atoms with E-state index in [1.165, 1.54) is 11.1 Å². The highest BCUT2D eigenvalue weighted by molar-refractivity contribution is 7.90. The molecule has 1 fully saturated rings. The molecule has 1 saturated carbocycles. The van der Waals surface area contributed by atoms with E-state index >= 15 is 0 Å². The van der Waals surface area contributed by atoms with Crippen molar-refractivity contribution in [1.29, 1.82) is 0 Å². The summed E-state index contributed by atoms with van der Waals surface area (Å²) in [5.41, 5.74) is 3.15. The number of fused-ring (bicyclic) bond motifs is 4. The van der Waals surface area contributed by atoms with Gasteiger partial charge in [0.2, 0.25) is 10.0 Å². The van der Waals surface area contributed by atoms with Crippen molar-refractivity contribution in [2.45, 2.75) is 37.5 Å². The molecule has 1 N–H and O–H groups in total. The molecule has 38 heavy (non-hydrogen) atoms. The number of carbonyl (C=O) groups excluding carboxylic acids is 2. The number of hydrogen-bond acceptors (Lipinski definition) is 6. The maximum absolute atomic E-state index is 13.0. The Morgan fingerprint density at radius 3 is 2.74 bits per heavy atom. The molecule has 4 aliphatic rings. The van der Waals surface area contributed by atoms with Crippen molar-refractivity contribution in [1.82, 2.24) is 4.72 Å². The van der Waals surface area contributed by atoms with E-state index in [1.807, 2.05) is 6.07 Å². The first kappa shape index (κ1) is 24.9. The van der Waals surface area contributed by atoms with Crippen LogP contribution < -0.4 is 14.4 Å². The molecule has 2 aromatic rings. The first-order valence-corrected chi connectivity index (χ1v) is 15.0. The van der Waals surface area contributed by atoms with Crippen LogP contribution in [0.2, 0.25) is 0 Å². The number of nitrogens with one attached hydrogen (secondary N) is 1. The summed E-state index contributed by atoms with van der Waals surface area (Å²) in [7, 11) is -3.80. The van der Waals surface area contributed by atoms with Crippen LogP contribution in [0.4, 0.5) is 5.69 Å². The third-order valence-corrected chi connectivity index (χ3v) is 9.77. The van der Waals surface area contributed by atoms with Crippen LogP contribution >= 0.6 is 0 Å². The van der Waals surface area contributed by atoms with E-state index in [-0.39, 0.29) is 34.4 Å². The minimum atomic E-state index is -3.80. The molecule has 7 nitrogen and oxygen atoms in total. The van der Waals surface area contributed by atoms with Gasteiger partial charge >= 0.3 is 0 Å². The van der Waals surface area contributed by atoms with Crippen molar-refractivity contribution in [3.8, 4) is 5.75 Å². The average Bonchev–Trinajstić information content (AvgIpc) is 3.03. The van der Waals surface area contributed by atoms with Crippen LogP contribution in [0.15, 0.2) is 60.7 Å². The number of anilines is 1. The van der Waals surface area contributed by atoms with Crippen LogP contribution in [0.5, 0.6) is 5.75 Å². The van der Waals surface area contributed by atoms with Crippen molar-refractivity contribution in [3.05, 3.63) is 77.4 Å². The number of nitrogens with zero attached hydrogens (tertiary/aromatic N) is 1. The maximum atomic E-state index is 13.0. The summed E-state index contributed by atoms with van der Waals surface area (Å²) < 4.78 is 33.7. The van der Waals surface area contributed by atoms with Gasteiger partial charge in [-0.15, -0.1) is 0 Å². The van der Waals surface area contributed by atoms with Crippen molar-refractivity contribution >= 4 is 33.5 Å². The summed E-state index contributed by atoms with van der Waals surface area (Å²) in [6.45, 7) is 1.81. The van der Waals surface area contributed by atoms with Gasteiger partial charge in [0, 0.05) is 24.6 Å². The lowest BCUT2D eigenvalue weighted by atomic mass is 9.70. The van der Waals surface area contributed by atoms with E-state index < -0.39 is 15.9 Å². The molecule has 2 aromatic carbocycles. The highest BCUT2D eigenvalue weighted by Crippen LogP contribution is 2.45. The van der Waals surface area contributed by atoms with Crippen LogP contribution in [0.1, 0.15) is 53.6 Å². The van der Waals surface area contributed by atoms with Crippen molar-refractivity contribution < 1.29 is 22.7 Å². The number of ether oxygens (including phenoxy) is 1. The molecule has 3 atom stereocenters. The van der Waals surface area contributed by atoms with Gasteiger partial charge in [-0.1, -0.05) is 42.5 Å². The van der Waals surface area contributed by atoms with Gasteiger partial charge in [-0.25, -0.2) is 13.1 Å². The molecule has 2 aliphatic carbocycles. The van der Waals surface area contributed by atoms with Crippen LogP contribution in [-0.4, -0.2) is 45.6 Å². The zero-order valence-corrected chi connectivity index (χ0v) is 22.1. The number of amides is 1. The van der Waals surface area contributed by atoms with E-state index in [2.05, 4.69) is 40.0 Å². The summed E-state index contributed by atoms with van der Waals surface area (Å²) in [5.74, 6) is 0.115. The molecule has 198 valence electrons. The maximum Gasteiger partial charge on any atom is 0.264 e. The van der Waals surface area contributed by atoms with E-state index in [4.69, 9.17) is 4.74 Å². The molecule has 0 saturated heterocycles. The molecule has 3 unspecified atom stereocenters. The fourth-order valence-electron chi connectivity index (χ4n) is 6.25. The van der Waals surface area contributed by atoms with Gasteiger partial charge in [0.25, 0.3) is 5.91 Å². The molecule has 8 heteroatoms. The van der Waals surface area contributed by atoms with Gasteiger partial charge in [-0.05, 0) is 73.4 Å². The van der Waals surface area contributed by atoms with E-state index in [0.29, 0.717) is 38.3 Å². The third-order valence-electron chi connectivity index (χ3n) is 8.45. The minimum Gasteiger partial charge on any atom is -0.490 e. The second-order valence-corrected chi connectivity index (χ2v) is 12.8. The SMILES string of the molecule is O=C1NS(=O)(=O)CCC/C=C\C(=O)C2CCC2CN2CC3(CC=Cc4ccccc43)COc3ccc1cc32. The van der Waals surface area contributed by atoms with Crippen LogP contribution in [-0.2, 0) is 20.2 Å². The first-order valence-electron chi connectivity index (χ1n) is 13.4.